The molecule has 0 aliphatic carbocycles. The summed E-state index contributed by atoms with van der Waals surface area (Å²) < 4.78 is 0. The lowest BCUT2D eigenvalue weighted by atomic mass is 9.99. The summed E-state index contributed by atoms with van der Waals surface area (Å²) in [5.74, 6) is 0. The Morgan fingerprint density at radius 1 is 1.20 bits per heavy atom. The van der Waals surface area contributed by atoms with Crippen LogP contribution in [0.25, 0.3) is 0 Å². The maximum atomic E-state index is 8.72. The van der Waals surface area contributed by atoms with Gasteiger partial charge >= 0.3 is 0 Å². The molecule has 1 rings (SSSR count). The lowest BCUT2D eigenvalue weighted by molar-refractivity contribution is 0.280. The Balaban J connectivity index is 0.00000196. The topological polar surface area (TPSA) is 46.2 Å². The van der Waals surface area contributed by atoms with E-state index >= 15 is 0 Å². The summed E-state index contributed by atoms with van der Waals surface area (Å²) in [5, 5.41) is 8.72. The highest BCUT2D eigenvalue weighted by atomic mass is 35.5. The van der Waals surface area contributed by atoms with Crippen molar-refractivity contribution in [1.29, 1.82) is 0 Å². The molecule has 0 fully saturated rings. The average molecular weight is 230 g/mol. The minimum absolute atomic E-state index is 0. The molecule has 1 aromatic rings. The highest BCUT2D eigenvalue weighted by Gasteiger charge is 2.06. The monoisotopic (exact) mass is 229 g/mol. The van der Waals surface area contributed by atoms with Crippen molar-refractivity contribution in [2.24, 2.45) is 5.73 Å². The molecule has 0 radical (unpaired) electrons. The molecule has 0 aromatic heterocycles. The minimum Gasteiger partial charge on any atom is -0.396 e. The predicted octanol–water partition coefficient (Wildman–Crippen LogP) is 2.50. The van der Waals surface area contributed by atoms with Crippen molar-refractivity contribution in [2.45, 2.75) is 32.7 Å². The number of aliphatic hydroxyl groups excluding tert-OH is 1. The van der Waals surface area contributed by atoms with Gasteiger partial charge in [0.1, 0.15) is 0 Å². The van der Waals surface area contributed by atoms with Gasteiger partial charge in [-0.25, -0.2) is 0 Å². The molecule has 0 bridgehead atoms. The molecule has 0 unspecified atom stereocenters. The third-order valence-corrected chi connectivity index (χ3v) is 2.35. The normalized spacial score (nSPS) is 12.0. The number of benzene rings is 1. The van der Waals surface area contributed by atoms with Gasteiger partial charge in [-0.3, -0.25) is 0 Å². The van der Waals surface area contributed by atoms with Crippen LogP contribution in [0.15, 0.2) is 18.2 Å². The average Bonchev–Trinajstić information content (AvgIpc) is 2.12. The molecule has 1 atom stereocenters. The Bertz CT molecular complexity index is 281. The Hall–Kier alpha value is -0.570. The van der Waals surface area contributed by atoms with E-state index in [9.17, 15) is 0 Å². The fourth-order valence-electron chi connectivity index (χ4n) is 1.70. The first-order chi connectivity index (χ1) is 6.63. The molecular formula is C12H20ClNO. The summed E-state index contributed by atoms with van der Waals surface area (Å²) in [6.45, 7) is 4.38. The van der Waals surface area contributed by atoms with Gasteiger partial charge in [0.25, 0.3) is 0 Å². The molecule has 0 aliphatic rings. The maximum absolute atomic E-state index is 8.72. The molecule has 0 amide bonds. The molecule has 0 spiro atoms. The van der Waals surface area contributed by atoms with E-state index in [2.05, 4.69) is 32.0 Å². The second-order valence-electron chi connectivity index (χ2n) is 3.89. The van der Waals surface area contributed by atoms with Crippen LogP contribution < -0.4 is 5.73 Å². The summed E-state index contributed by atoms with van der Waals surface area (Å²) in [5.41, 5.74) is 9.68. The van der Waals surface area contributed by atoms with Gasteiger partial charge in [0.15, 0.2) is 0 Å². The molecule has 2 nitrogen and oxygen atoms in total. The molecule has 0 saturated heterocycles. The second kappa shape index (κ2) is 6.83. The van der Waals surface area contributed by atoms with Crippen molar-refractivity contribution in [3.05, 3.63) is 34.9 Å². The van der Waals surface area contributed by atoms with E-state index < -0.39 is 0 Å². The van der Waals surface area contributed by atoms with Crippen LogP contribution in [0, 0.1) is 13.8 Å². The van der Waals surface area contributed by atoms with Gasteiger partial charge in [0, 0.05) is 12.6 Å². The third kappa shape index (κ3) is 4.65. The molecule has 86 valence electrons. The zero-order valence-corrected chi connectivity index (χ0v) is 10.2. The number of nitrogens with two attached hydrogens (primary N) is 1. The van der Waals surface area contributed by atoms with Crippen LogP contribution in [-0.4, -0.2) is 11.7 Å². The zero-order chi connectivity index (χ0) is 10.6. The van der Waals surface area contributed by atoms with Crippen LogP contribution >= 0.6 is 12.4 Å². The summed E-state index contributed by atoms with van der Waals surface area (Å²) >= 11 is 0. The van der Waals surface area contributed by atoms with Crippen molar-refractivity contribution in [3.63, 3.8) is 0 Å². The number of hydrogen-bond acceptors (Lipinski definition) is 2. The minimum atomic E-state index is 0. The maximum Gasteiger partial charge on any atom is 0.0431 e. The summed E-state index contributed by atoms with van der Waals surface area (Å²) in [4.78, 5) is 0. The number of hydrogen-bond donors (Lipinski definition) is 2. The molecule has 0 heterocycles. The lowest BCUT2D eigenvalue weighted by Gasteiger charge is -2.12. The quantitative estimate of drug-likeness (QED) is 0.834. The Morgan fingerprint density at radius 2 is 1.73 bits per heavy atom. The van der Waals surface area contributed by atoms with Gasteiger partial charge in [0.2, 0.25) is 0 Å². The second-order valence-corrected chi connectivity index (χ2v) is 3.89. The highest BCUT2D eigenvalue weighted by Crippen LogP contribution is 2.18. The molecule has 0 saturated carbocycles. The van der Waals surface area contributed by atoms with Crippen LogP contribution in [0.1, 0.15) is 35.6 Å². The smallest absolute Gasteiger partial charge is 0.0431 e. The molecule has 0 aliphatic heterocycles. The van der Waals surface area contributed by atoms with Crippen molar-refractivity contribution in [1.82, 2.24) is 0 Å². The molecule has 1 aromatic carbocycles. The first-order valence-electron chi connectivity index (χ1n) is 5.08. The van der Waals surface area contributed by atoms with E-state index in [1.54, 1.807) is 0 Å². The zero-order valence-electron chi connectivity index (χ0n) is 9.36. The van der Waals surface area contributed by atoms with Gasteiger partial charge < -0.3 is 10.8 Å². The number of halogens is 1. The van der Waals surface area contributed by atoms with Gasteiger partial charge in [-0.1, -0.05) is 29.3 Å². The van der Waals surface area contributed by atoms with E-state index in [1.807, 2.05) is 0 Å². The summed E-state index contributed by atoms with van der Waals surface area (Å²) in [7, 11) is 0. The van der Waals surface area contributed by atoms with Gasteiger partial charge in [-0.05, 0) is 32.3 Å². The van der Waals surface area contributed by atoms with Crippen LogP contribution in [0.5, 0.6) is 0 Å². The lowest BCUT2D eigenvalue weighted by Crippen LogP contribution is -2.11. The van der Waals surface area contributed by atoms with Gasteiger partial charge in [-0.2, -0.15) is 0 Å². The first kappa shape index (κ1) is 14.4. The van der Waals surface area contributed by atoms with Crippen molar-refractivity contribution >= 4 is 12.4 Å². The Morgan fingerprint density at radius 3 is 2.20 bits per heavy atom. The Labute approximate surface area is 97.9 Å². The van der Waals surface area contributed by atoms with Crippen LogP contribution in [0.2, 0.25) is 0 Å². The SMILES string of the molecule is Cc1cc(C)cc([C@@H](N)CCCO)c1.Cl. The van der Waals surface area contributed by atoms with Crippen LogP contribution in [-0.2, 0) is 0 Å². The summed E-state index contributed by atoms with van der Waals surface area (Å²) in [6, 6.07) is 6.44. The fraction of sp³-hybridized carbons (Fsp3) is 0.500. The number of aryl methyl sites for hydroxylation is 2. The highest BCUT2D eigenvalue weighted by molar-refractivity contribution is 5.85. The first-order valence-corrected chi connectivity index (χ1v) is 5.08. The van der Waals surface area contributed by atoms with E-state index in [4.69, 9.17) is 10.8 Å². The standard InChI is InChI=1S/C12H19NO.ClH/c1-9-6-10(2)8-11(7-9)12(13)4-3-5-14;/h6-8,12,14H,3-5,13H2,1-2H3;1H/t12-;/m0./s1. The van der Waals surface area contributed by atoms with Gasteiger partial charge in [-0.15, -0.1) is 12.4 Å². The fourth-order valence-corrected chi connectivity index (χ4v) is 1.70. The number of aliphatic hydroxyl groups is 1. The van der Waals surface area contributed by atoms with E-state index in [0.29, 0.717) is 0 Å². The van der Waals surface area contributed by atoms with E-state index in [0.717, 1.165) is 12.8 Å². The van der Waals surface area contributed by atoms with Crippen LogP contribution in [0.4, 0.5) is 0 Å². The van der Waals surface area contributed by atoms with Crippen LogP contribution in [0.3, 0.4) is 0 Å². The van der Waals surface area contributed by atoms with Crippen molar-refractivity contribution < 1.29 is 5.11 Å². The molecule has 3 heteroatoms. The van der Waals surface area contributed by atoms with Gasteiger partial charge in [0.05, 0.1) is 0 Å². The van der Waals surface area contributed by atoms with Crippen molar-refractivity contribution in [2.75, 3.05) is 6.61 Å². The molecular weight excluding hydrogens is 210 g/mol. The molecule has 3 N–H and O–H groups in total. The van der Waals surface area contributed by atoms with E-state index in [-0.39, 0.29) is 25.1 Å². The van der Waals surface area contributed by atoms with E-state index in [1.165, 1.54) is 16.7 Å². The predicted molar refractivity (Wildman–Crippen MR) is 66.4 cm³/mol. The third-order valence-electron chi connectivity index (χ3n) is 2.35. The summed E-state index contributed by atoms with van der Waals surface area (Å²) in [6.07, 6.45) is 1.62. The van der Waals surface area contributed by atoms with Crippen molar-refractivity contribution in [3.8, 4) is 0 Å². The largest absolute Gasteiger partial charge is 0.396 e. The Kier molecular flexibility index (Phi) is 6.57. The molecule has 15 heavy (non-hydrogen) atoms. The number of rotatable bonds is 4.